The van der Waals surface area contributed by atoms with Gasteiger partial charge in [-0.1, -0.05) is 6.07 Å². The molecule has 1 amide bonds. The van der Waals surface area contributed by atoms with Gasteiger partial charge >= 0.3 is 0 Å². The molecule has 1 aromatic carbocycles. The normalized spacial score (nSPS) is 11.2. The molecule has 0 aliphatic heterocycles. The molecule has 100 valence electrons. The quantitative estimate of drug-likeness (QED) is 0.786. The van der Waals surface area contributed by atoms with Crippen LogP contribution in [0.25, 0.3) is 0 Å². The number of nitrogens with two attached hydrogens (primary N) is 1. The first kappa shape index (κ1) is 13.2. The van der Waals surface area contributed by atoms with Crippen LogP contribution in [-0.2, 0) is 9.84 Å². The maximum atomic E-state index is 11.8. The summed E-state index contributed by atoms with van der Waals surface area (Å²) in [6, 6.07) is 7.54. The van der Waals surface area contributed by atoms with Crippen molar-refractivity contribution in [3.8, 4) is 0 Å². The molecule has 19 heavy (non-hydrogen) atoms. The monoisotopic (exact) mass is 279 g/mol. The van der Waals surface area contributed by atoms with Crippen LogP contribution in [0.15, 0.2) is 41.4 Å². The van der Waals surface area contributed by atoms with E-state index in [-0.39, 0.29) is 10.8 Å². The third-order valence-electron chi connectivity index (χ3n) is 2.47. The van der Waals surface area contributed by atoms with Gasteiger partial charge in [-0.15, -0.1) is 0 Å². The number of amides is 1. The van der Waals surface area contributed by atoms with E-state index in [1.165, 1.54) is 24.4 Å². The molecule has 1 aromatic heterocycles. The molecule has 0 spiro atoms. The Morgan fingerprint density at radius 2 is 2.05 bits per heavy atom. The Hall–Kier alpha value is -2.28. The Labute approximate surface area is 110 Å². The lowest BCUT2D eigenvalue weighted by molar-refractivity contribution is 0.102. The van der Waals surface area contributed by atoms with Gasteiger partial charge in [0.15, 0.2) is 9.84 Å². The van der Waals surface area contributed by atoms with E-state index in [4.69, 9.17) is 5.73 Å². The number of aromatic amines is 1. The number of aromatic nitrogens is 1. The topological polar surface area (TPSA) is 105 Å². The number of carbonyl (C=O) groups excluding carboxylic acids is 1. The molecule has 2 rings (SSSR count). The fraction of sp³-hybridized carbons (Fsp3) is 0.0833. The van der Waals surface area contributed by atoms with E-state index >= 15 is 0 Å². The molecule has 4 N–H and O–H groups in total. The fourth-order valence-electron chi connectivity index (χ4n) is 1.55. The third-order valence-corrected chi connectivity index (χ3v) is 3.58. The minimum atomic E-state index is -3.30. The first-order valence-corrected chi connectivity index (χ1v) is 7.31. The second-order valence-corrected chi connectivity index (χ2v) is 6.12. The molecule has 0 fully saturated rings. The zero-order chi connectivity index (χ0) is 14.0. The second kappa shape index (κ2) is 4.77. The average molecular weight is 279 g/mol. The summed E-state index contributed by atoms with van der Waals surface area (Å²) in [7, 11) is -3.30. The summed E-state index contributed by atoms with van der Waals surface area (Å²) < 4.78 is 22.8. The van der Waals surface area contributed by atoms with E-state index in [0.29, 0.717) is 17.1 Å². The van der Waals surface area contributed by atoms with E-state index in [1.54, 1.807) is 12.1 Å². The van der Waals surface area contributed by atoms with E-state index in [9.17, 15) is 13.2 Å². The summed E-state index contributed by atoms with van der Waals surface area (Å²) in [5.41, 5.74) is 6.67. The van der Waals surface area contributed by atoms with E-state index in [1.807, 2.05) is 0 Å². The van der Waals surface area contributed by atoms with Crippen molar-refractivity contribution in [2.24, 2.45) is 0 Å². The predicted octanol–water partition coefficient (Wildman–Crippen LogP) is 1.25. The van der Waals surface area contributed by atoms with Crippen molar-refractivity contribution in [1.82, 2.24) is 4.98 Å². The van der Waals surface area contributed by atoms with Gasteiger partial charge in [0, 0.05) is 23.8 Å². The number of sulfone groups is 1. The van der Waals surface area contributed by atoms with Crippen LogP contribution < -0.4 is 11.1 Å². The molecular weight excluding hydrogens is 266 g/mol. The van der Waals surface area contributed by atoms with Crippen molar-refractivity contribution in [2.45, 2.75) is 4.90 Å². The Balaban J connectivity index is 2.22. The minimum absolute atomic E-state index is 0.149. The van der Waals surface area contributed by atoms with Gasteiger partial charge in [0.25, 0.3) is 5.91 Å². The van der Waals surface area contributed by atoms with Gasteiger partial charge < -0.3 is 16.0 Å². The van der Waals surface area contributed by atoms with Crippen LogP contribution in [0.4, 0.5) is 11.4 Å². The summed E-state index contributed by atoms with van der Waals surface area (Å²) in [5, 5.41) is 2.59. The molecule has 0 saturated carbocycles. The SMILES string of the molecule is CS(=O)(=O)c1cccc(NC(=O)c2cc(N)c[nH]2)c1. The molecule has 0 saturated heterocycles. The van der Waals surface area contributed by atoms with E-state index in [0.717, 1.165) is 6.26 Å². The van der Waals surface area contributed by atoms with Gasteiger partial charge in [-0.05, 0) is 24.3 Å². The van der Waals surface area contributed by atoms with Gasteiger partial charge in [-0.2, -0.15) is 0 Å². The largest absolute Gasteiger partial charge is 0.397 e. The molecule has 0 unspecified atom stereocenters. The van der Waals surface area contributed by atoms with Gasteiger partial charge in [0.1, 0.15) is 5.69 Å². The zero-order valence-corrected chi connectivity index (χ0v) is 11.0. The Bertz CT molecular complexity index is 719. The number of benzene rings is 1. The van der Waals surface area contributed by atoms with Crippen LogP contribution >= 0.6 is 0 Å². The maximum absolute atomic E-state index is 11.8. The summed E-state index contributed by atoms with van der Waals surface area (Å²) in [6.07, 6.45) is 2.61. The summed E-state index contributed by atoms with van der Waals surface area (Å²) >= 11 is 0. The Morgan fingerprint density at radius 3 is 2.63 bits per heavy atom. The number of nitrogens with one attached hydrogen (secondary N) is 2. The molecule has 2 aromatic rings. The van der Waals surface area contributed by atoms with Crippen molar-refractivity contribution in [3.05, 3.63) is 42.2 Å². The van der Waals surface area contributed by atoms with Crippen LogP contribution in [0.1, 0.15) is 10.5 Å². The van der Waals surface area contributed by atoms with Crippen LogP contribution in [-0.4, -0.2) is 25.6 Å². The number of hydrogen-bond donors (Lipinski definition) is 3. The zero-order valence-electron chi connectivity index (χ0n) is 10.2. The number of hydrogen-bond acceptors (Lipinski definition) is 4. The lowest BCUT2D eigenvalue weighted by atomic mass is 10.3. The third kappa shape index (κ3) is 3.14. The molecule has 0 aliphatic carbocycles. The standard InChI is InChI=1S/C12H13N3O3S/c1-19(17,18)10-4-2-3-9(6-10)15-12(16)11-5-8(13)7-14-11/h2-7,14H,13H2,1H3,(H,15,16). The van der Waals surface area contributed by atoms with Crippen molar-refractivity contribution >= 4 is 27.1 Å². The molecule has 7 heteroatoms. The van der Waals surface area contributed by atoms with E-state index < -0.39 is 9.84 Å². The summed E-state index contributed by atoms with van der Waals surface area (Å²) in [5.74, 6) is -0.387. The van der Waals surface area contributed by atoms with Crippen LogP contribution in [0.3, 0.4) is 0 Å². The summed E-state index contributed by atoms with van der Waals surface area (Å²) in [6.45, 7) is 0. The highest BCUT2D eigenvalue weighted by Crippen LogP contribution is 2.16. The highest BCUT2D eigenvalue weighted by molar-refractivity contribution is 7.90. The lowest BCUT2D eigenvalue weighted by Gasteiger charge is -2.05. The maximum Gasteiger partial charge on any atom is 0.272 e. The molecule has 6 nitrogen and oxygen atoms in total. The predicted molar refractivity (Wildman–Crippen MR) is 72.7 cm³/mol. The van der Waals surface area contributed by atoms with Crippen molar-refractivity contribution in [3.63, 3.8) is 0 Å². The number of H-pyrrole nitrogens is 1. The number of rotatable bonds is 3. The fourth-order valence-corrected chi connectivity index (χ4v) is 2.21. The lowest BCUT2D eigenvalue weighted by Crippen LogP contribution is -2.12. The molecule has 0 bridgehead atoms. The van der Waals surface area contributed by atoms with Crippen molar-refractivity contribution < 1.29 is 13.2 Å². The smallest absolute Gasteiger partial charge is 0.272 e. The number of carbonyl (C=O) groups is 1. The highest BCUT2D eigenvalue weighted by atomic mass is 32.2. The van der Waals surface area contributed by atoms with Gasteiger partial charge in [-0.25, -0.2) is 8.42 Å². The first-order valence-electron chi connectivity index (χ1n) is 5.41. The molecule has 1 heterocycles. The van der Waals surface area contributed by atoms with Gasteiger partial charge in [0.2, 0.25) is 0 Å². The van der Waals surface area contributed by atoms with Gasteiger partial charge in [-0.3, -0.25) is 4.79 Å². The van der Waals surface area contributed by atoms with E-state index in [2.05, 4.69) is 10.3 Å². The summed E-state index contributed by atoms with van der Waals surface area (Å²) in [4.78, 5) is 14.7. The molecule has 0 atom stereocenters. The highest BCUT2D eigenvalue weighted by Gasteiger charge is 2.11. The van der Waals surface area contributed by atoms with Gasteiger partial charge in [0.05, 0.1) is 4.90 Å². The van der Waals surface area contributed by atoms with Crippen molar-refractivity contribution in [1.29, 1.82) is 0 Å². The van der Waals surface area contributed by atoms with Crippen LogP contribution in [0, 0.1) is 0 Å². The molecule has 0 aliphatic rings. The first-order chi connectivity index (χ1) is 8.86. The Morgan fingerprint density at radius 1 is 1.32 bits per heavy atom. The molecule has 0 radical (unpaired) electrons. The number of anilines is 2. The van der Waals surface area contributed by atoms with Crippen LogP contribution in [0.5, 0.6) is 0 Å². The van der Waals surface area contributed by atoms with Crippen LogP contribution in [0.2, 0.25) is 0 Å². The molecular formula is C12H13N3O3S. The van der Waals surface area contributed by atoms with Crippen molar-refractivity contribution in [2.75, 3.05) is 17.3 Å². The minimum Gasteiger partial charge on any atom is -0.397 e. The Kier molecular flexibility index (Phi) is 3.30. The average Bonchev–Trinajstić information content (AvgIpc) is 2.75. The second-order valence-electron chi connectivity index (χ2n) is 4.10. The number of nitrogen functional groups attached to an aromatic ring is 1.